The van der Waals surface area contributed by atoms with Crippen molar-refractivity contribution >= 4 is 23.0 Å². The number of ether oxygens (including phenoxy) is 2. The van der Waals surface area contributed by atoms with Gasteiger partial charge in [-0.05, 0) is 91.9 Å². The third-order valence-corrected chi connectivity index (χ3v) is 6.13. The molecule has 1 saturated heterocycles. The van der Waals surface area contributed by atoms with Crippen LogP contribution < -0.4 is 19.7 Å². The molecule has 0 radical (unpaired) electrons. The van der Waals surface area contributed by atoms with Gasteiger partial charge in [-0.25, -0.2) is 0 Å². The van der Waals surface area contributed by atoms with Gasteiger partial charge >= 0.3 is 0 Å². The molecule has 4 aromatic rings. The Morgan fingerprint density at radius 2 is 1.74 bits per heavy atom. The molecule has 34 heavy (non-hydrogen) atoms. The molecule has 6 nitrogen and oxygen atoms in total. The highest BCUT2D eigenvalue weighted by molar-refractivity contribution is 7.80. The summed E-state index contributed by atoms with van der Waals surface area (Å²) in [5.74, 6) is 3.20. The minimum Gasteiger partial charge on any atom is -0.497 e. The fraction of sp³-hybridized carbons (Fsp3) is 0.185. The predicted molar refractivity (Wildman–Crippen MR) is 136 cm³/mol. The minimum absolute atomic E-state index is 0.171. The molecule has 0 amide bonds. The summed E-state index contributed by atoms with van der Waals surface area (Å²) >= 11 is 5.78. The van der Waals surface area contributed by atoms with Crippen LogP contribution in [0.25, 0.3) is 11.3 Å². The Hall–Kier alpha value is -3.84. The van der Waals surface area contributed by atoms with E-state index in [2.05, 4.69) is 15.2 Å². The van der Waals surface area contributed by atoms with Crippen LogP contribution >= 0.6 is 12.2 Å². The van der Waals surface area contributed by atoms with Crippen LogP contribution in [0.2, 0.25) is 0 Å². The van der Waals surface area contributed by atoms with Crippen molar-refractivity contribution in [1.82, 2.24) is 10.3 Å². The van der Waals surface area contributed by atoms with E-state index in [1.807, 2.05) is 85.8 Å². The molecule has 1 aliphatic rings. The van der Waals surface area contributed by atoms with Gasteiger partial charge in [0.15, 0.2) is 5.11 Å². The van der Waals surface area contributed by atoms with Crippen molar-refractivity contribution in [2.24, 2.45) is 0 Å². The Bertz CT molecular complexity index is 1260. The number of furan rings is 1. The number of hydrogen-bond acceptors (Lipinski definition) is 5. The average molecular weight is 472 g/mol. The summed E-state index contributed by atoms with van der Waals surface area (Å²) in [6.45, 7) is 2.61. The molecular formula is C27H25N3O3S. The number of thiocarbonyl (C=S) groups is 1. The Kier molecular flexibility index (Phi) is 6.18. The maximum Gasteiger partial charge on any atom is 0.174 e. The van der Waals surface area contributed by atoms with Gasteiger partial charge in [0.25, 0.3) is 0 Å². The lowest BCUT2D eigenvalue weighted by Gasteiger charge is -2.26. The summed E-state index contributed by atoms with van der Waals surface area (Å²) in [7, 11) is 1.66. The highest BCUT2D eigenvalue weighted by Gasteiger charge is 2.42. The van der Waals surface area contributed by atoms with Gasteiger partial charge in [-0.2, -0.15) is 0 Å². The molecule has 2 atom stereocenters. The standard InChI is InChI=1S/C27H25N3O3S/c1-3-32-21-11-7-18(8-12-21)23-15-16-24(33-23)26-25(22-6-4-5-17-28-22)29-27(34)30(26)19-9-13-20(31-2)14-10-19/h4-17,25-26H,3H2,1-2H3,(H,29,34)/t25-,26+/m0/s1. The lowest BCUT2D eigenvalue weighted by molar-refractivity contribution is 0.340. The van der Waals surface area contributed by atoms with Crippen molar-refractivity contribution in [1.29, 1.82) is 0 Å². The molecule has 2 aromatic heterocycles. The lowest BCUT2D eigenvalue weighted by Crippen LogP contribution is -2.29. The Morgan fingerprint density at radius 1 is 0.971 bits per heavy atom. The molecule has 0 bridgehead atoms. The molecular weight excluding hydrogens is 446 g/mol. The first-order valence-corrected chi connectivity index (χ1v) is 11.6. The van der Waals surface area contributed by atoms with E-state index in [9.17, 15) is 0 Å². The van der Waals surface area contributed by atoms with Gasteiger partial charge < -0.3 is 24.1 Å². The normalized spacial score (nSPS) is 17.5. The minimum atomic E-state index is -0.216. The quantitative estimate of drug-likeness (QED) is 0.335. The third kappa shape index (κ3) is 4.22. The van der Waals surface area contributed by atoms with Crippen molar-refractivity contribution in [3.63, 3.8) is 0 Å². The van der Waals surface area contributed by atoms with E-state index in [1.54, 1.807) is 13.3 Å². The second-order valence-corrected chi connectivity index (χ2v) is 8.24. The van der Waals surface area contributed by atoms with Crippen LogP contribution in [-0.2, 0) is 0 Å². The Balaban J connectivity index is 1.53. The summed E-state index contributed by atoms with van der Waals surface area (Å²) in [6, 6.07) is 25.3. The number of rotatable bonds is 7. The number of benzene rings is 2. The SMILES string of the molecule is CCOc1ccc(-c2ccc([C@@H]3[C@H](c4ccccn4)NC(=S)N3c3ccc(OC)cc3)o2)cc1. The average Bonchev–Trinajstić information content (AvgIpc) is 3.50. The van der Waals surface area contributed by atoms with Crippen molar-refractivity contribution in [3.05, 3.63) is 96.5 Å². The summed E-state index contributed by atoms with van der Waals surface area (Å²) in [4.78, 5) is 6.67. The van der Waals surface area contributed by atoms with Gasteiger partial charge in [0.2, 0.25) is 0 Å². The van der Waals surface area contributed by atoms with Gasteiger partial charge in [0.05, 0.1) is 25.5 Å². The number of aromatic nitrogens is 1. The predicted octanol–water partition coefficient (Wildman–Crippen LogP) is 5.93. The highest BCUT2D eigenvalue weighted by atomic mass is 32.1. The molecule has 172 valence electrons. The molecule has 0 saturated carbocycles. The zero-order chi connectivity index (χ0) is 23.5. The summed E-state index contributed by atoms with van der Waals surface area (Å²) in [6.07, 6.45) is 1.79. The second kappa shape index (κ2) is 9.57. The van der Waals surface area contributed by atoms with Crippen LogP contribution in [0.5, 0.6) is 11.5 Å². The fourth-order valence-electron chi connectivity index (χ4n) is 4.21. The molecule has 2 aromatic carbocycles. The number of pyridine rings is 1. The molecule has 0 unspecified atom stereocenters. The van der Waals surface area contributed by atoms with Gasteiger partial charge in [-0.1, -0.05) is 6.07 Å². The second-order valence-electron chi connectivity index (χ2n) is 7.85. The van der Waals surface area contributed by atoms with Crippen LogP contribution in [-0.4, -0.2) is 23.8 Å². The van der Waals surface area contributed by atoms with Crippen LogP contribution in [0, 0.1) is 0 Å². The lowest BCUT2D eigenvalue weighted by atomic mass is 10.0. The number of nitrogens with zero attached hydrogens (tertiary/aromatic N) is 2. The monoisotopic (exact) mass is 471 g/mol. The Labute approximate surface area is 204 Å². The largest absolute Gasteiger partial charge is 0.497 e. The maximum absolute atomic E-state index is 6.42. The first-order valence-electron chi connectivity index (χ1n) is 11.2. The molecule has 1 aliphatic heterocycles. The molecule has 5 rings (SSSR count). The van der Waals surface area contributed by atoms with Crippen molar-refractivity contribution in [3.8, 4) is 22.8 Å². The molecule has 1 fully saturated rings. The zero-order valence-corrected chi connectivity index (χ0v) is 19.8. The van der Waals surface area contributed by atoms with E-state index in [0.717, 1.165) is 40.0 Å². The number of nitrogens with one attached hydrogen (secondary N) is 1. The zero-order valence-electron chi connectivity index (χ0n) is 19.0. The fourth-order valence-corrected chi connectivity index (χ4v) is 4.56. The third-order valence-electron chi connectivity index (χ3n) is 5.82. The number of methoxy groups -OCH3 is 1. The molecule has 3 heterocycles. The van der Waals surface area contributed by atoms with Crippen LogP contribution in [0.3, 0.4) is 0 Å². The van der Waals surface area contributed by atoms with E-state index >= 15 is 0 Å². The van der Waals surface area contributed by atoms with Crippen molar-refractivity contribution in [2.75, 3.05) is 18.6 Å². The Morgan fingerprint density at radius 3 is 2.41 bits per heavy atom. The van der Waals surface area contributed by atoms with E-state index in [4.69, 9.17) is 26.1 Å². The topological polar surface area (TPSA) is 59.8 Å². The van der Waals surface area contributed by atoms with Crippen LogP contribution in [0.4, 0.5) is 5.69 Å². The molecule has 0 aliphatic carbocycles. The van der Waals surface area contributed by atoms with Crippen molar-refractivity contribution < 1.29 is 13.9 Å². The molecule has 0 spiro atoms. The van der Waals surface area contributed by atoms with Gasteiger partial charge in [0, 0.05) is 17.4 Å². The van der Waals surface area contributed by atoms with Crippen molar-refractivity contribution in [2.45, 2.75) is 19.0 Å². The summed E-state index contributed by atoms with van der Waals surface area (Å²) in [5, 5.41) is 4.07. The van der Waals surface area contributed by atoms with Crippen LogP contribution in [0.1, 0.15) is 30.5 Å². The van der Waals surface area contributed by atoms with Gasteiger partial charge in [-0.3, -0.25) is 4.98 Å². The molecule has 7 heteroatoms. The number of anilines is 1. The van der Waals surface area contributed by atoms with Crippen LogP contribution in [0.15, 0.2) is 89.5 Å². The first-order chi connectivity index (χ1) is 16.7. The summed E-state index contributed by atoms with van der Waals surface area (Å²) in [5.41, 5.74) is 2.82. The van der Waals surface area contributed by atoms with E-state index in [1.165, 1.54) is 0 Å². The van der Waals surface area contributed by atoms with Gasteiger partial charge in [0.1, 0.15) is 29.1 Å². The summed E-state index contributed by atoms with van der Waals surface area (Å²) < 4.78 is 17.3. The maximum atomic E-state index is 6.42. The first kappa shape index (κ1) is 22.0. The smallest absolute Gasteiger partial charge is 0.174 e. The van der Waals surface area contributed by atoms with E-state index in [-0.39, 0.29) is 12.1 Å². The number of hydrogen-bond donors (Lipinski definition) is 1. The molecule has 1 N–H and O–H groups in total. The van der Waals surface area contributed by atoms with E-state index in [0.29, 0.717) is 11.7 Å². The van der Waals surface area contributed by atoms with Gasteiger partial charge in [-0.15, -0.1) is 0 Å². The van der Waals surface area contributed by atoms with E-state index < -0.39 is 0 Å². The highest BCUT2D eigenvalue weighted by Crippen LogP contribution is 2.43.